The number of carbonyl (C=O) groups excluding carboxylic acids is 1. The SMILES string of the molecule is CSc1ccc(CNC(=O)[C@H](C)n2c3ccccc3c3cnn(C)c(=O)c32)cc1. The minimum absolute atomic E-state index is 0.138. The average Bonchev–Trinajstić information content (AvgIpc) is 3.09. The van der Waals surface area contributed by atoms with Gasteiger partial charge in [0.15, 0.2) is 0 Å². The van der Waals surface area contributed by atoms with Gasteiger partial charge in [0, 0.05) is 29.3 Å². The summed E-state index contributed by atoms with van der Waals surface area (Å²) in [6, 6.07) is 15.3. The van der Waals surface area contributed by atoms with Gasteiger partial charge in [0.1, 0.15) is 11.6 Å². The molecule has 4 rings (SSSR count). The molecule has 0 radical (unpaired) electrons. The Kier molecular flexibility index (Phi) is 5.15. The molecule has 4 aromatic rings. The van der Waals surface area contributed by atoms with Crippen molar-refractivity contribution in [3.05, 3.63) is 70.6 Å². The number of fused-ring (bicyclic) bond motifs is 3. The van der Waals surface area contributed by atoms with E-state index in [0.717, 1.165) is 21.9 Å². The van der Waals surface area contributed by atoms with E-state index in [2.05, 4.69) is 10.4 Å². The normalized spacial score (nSPS) is 12.4. The minimum Gasteiger partial charge on any atom is -0.350 e. The lowest BCUT2D eigenvalue weighted by atomic mass is 10.2. The van der Waals surface area contributed by atoms with Crippen molar-refractivity contribution in [2.75, 3.05) is 6.26 Å². The van der Waals surface area contributed by atoms with Gasteiger partial charge in [0.05, 0.1) is 11.7 Å². The molecule has 0 aliphatic carbocycles. The summed E-state index contributed by atoms with van der Waals surface area (Å²) >= 11 is 1.68. The van der Waals surface area contributed by atoms with Crippen LogP contribution >= 0.6 is 11.8 Å². The average molecular weight is 407 g/mol. The molecule has 29 heavy (non-hydrogen) atoms. The number of rotatable bonds is 5. The largest absolute Gasteiger partial charge is 0.350 e. The molecule has 1 atom stereocenters. The number of hydrogen-bond donors (Lipinski definition) is 1. The van der Waals surface area contributed by atoms with Gasteiger partial charge < -0.3 is 9.88 Å². The molecule has 1 amide bonds. The van der Waals surface area contributed by atoms with Crippen molar-refractivity contribution < 1.29 is 4.79 Å². The molecule has 0 fully saturated rings. The van der Waals surface area contributed by atoms with Crippen molar-refractivity contribution in [2.24, 2.45) is 7.05 Å². The Labute approximate surface area is 172 Å². The molecule has 0 saturated carbocycles. The van der Waals surface area contributed by atoms with Crippen molar-refractivity contribution in [3.8, 4) is 0 Å². The molecular weight excluding hydrogens is 384 g/mol. The third-order valence-corrected chi connectivity index (χ3v) is 5.94. The van der Waals surface area contributed by atoms with Gasteiger partial charge in [-0.15, -0.1) is 11.8 Å². The van der Waals surface area contributed by atoms with Crippen LogP contribution in [-0.4, -0.2) is 26.5 Å². The number of nitrogens with zero attached hydrogens (tertiary/aromatic N) is 3. The Balaban J connectivity index is 1.69. The molecule has 0 saturated heterocycles. The van der Waals surface area contributed by atoms with Gasteiger partial charge in [-0.3, -0.25) is 9.59 Å². The van der Waals surface area contributed by atoms with Crippen LogP contribution in [0.2, 0.25) is 0 Å². The monoisotopic (exact) mass is 406 g/mol. The second-order valence-corrected chi connectivity index (χ2v) is 7.84. The molecule has 1 N–H and O–H groups in total. The molecule has 0 spiro atoms. The Morgan fingerprint density at radius 1 is 1.14 bits per heavy atom. The molecular formula is C22H22N4O2S. The van der Waals surface area contributed by atoms with Gasteiger partial charge in [-0.05, 0) is 36.9 Å². The van der Waals surface area contributed by atoms with Crippen LogP contribution in [0.25, 0.3) is 21.8 Å². The fourth-order valence-electron chi connectivity index (χ4n) is 3.59. The van der Waals surface area contributed by atoms with Crippen LogP contribution in [0.4, 0.5) is 0 Å². The maximum Gasteiger partial charge on any atom is 0.291 e. The molecule has 0 bridgehead atoms. The Bertz CT molecular complexity index is 1260. The highest BCUT2D eigenvalue weighted by Gasteiger charge is 2.23. The number of benzene rings is 2. The van der Waals surface area contributed by atoms with E-state index in [1.54, 1.807) is 25.0 Å². The summed E-state index contributed by atoms with van der Waals surface area (Å²) in [7, 11) is 1.62. The van der Waals surface area contributed by atoms with Crippen LogP contribution in [0.15, 0.2) is 64.4 Å². The maximum atomic E-state index is 13.0. The standard InChI is InChI=1S/C22H22N4O2S/c1-14(21(27)23-12-15-8-10-16(29-3)11-9-15)26-19-7-5-4-6-17(19)18-13-24-25(2)22(28)20(18)26/h4-11,13-14H,12H2,1-3H3,(H,23,27)/t14-/m0/s1. The van der Waals surface area contributed by atoms with Crippen molar-refractivity contribution in [1.29, 1.82) is 0 Å². The summed E-state index contributed by atoms with van der Waals surface area (Å²) in [4.78, 5) is 27.0. The van der Waals surface area contributed by atoms with Crippen LogP contribution in [0.3, 0.4) is 0 Å². The van der Waals surface area contributed by atoms with E-state index in [1.807, 2.05) is 66.3 Å². The van der Waals surface area contributed by atoms with Crippen molar-refractivity contribution in [1.82, 2.24) is 19.7 Å². The first-order valence-corrected chi connectivity index (χ1v) is 10.6. The number of para-hydroxylation sites is 1. The number of hydrogen-bond acceptors (Lipinski definition) is 4. The molecule has 0 unspecified atom stereocenters. The summed E-state index contributed by atoms with van der Waals surface area (Å²) in [5.74, 6) is -0.138. The van der Waals surface area contributed by atoms with Crippen LogP contribution in [-0.2, 0) is 18.4 Å². The number of aryl methyl sites for hydroxylation is 1. The Hall–Kier alpha value is -3.06. The molecule has 7 heteroatoms. The zero-order valence-corrected chi connectivity index (χ0v) is 17.4. The number of aromatic nitrogens is 3. The highest BCUT2D eigenvalue weighted by Crippen LogP contribution is 2.29. The lowest BCUT2D eigenvalue weighted by Gasteiger charge is -2.17. The van der Waals surface area contributed by atoms with Crippen molar-refractivity contribution in [3.63, 3.8) is 0 Å². The molecule has 2 heterocycles. The number of nitrogens with one attached hydrogen (secondary N) is 1. The van der Waals surface area contributed by atoms with Crippen molar-refractivity contribution in [2.45, 2.75) is 24.4 Å². The highest BCUT2D eigenvalue weighted by molar-refractivity contribution is 7.98. The summed E-state index contributed by atoms with van der Waals surface area (Å²) in [5, 5.41) is 8.83. The first-order chi connectivity index (χ1) is 14.0. The molecule has 6 nitrogen and oxygen atoms in total. The van der Waals surface area contributed by atoms with E-state index in [-0.39, 0.29) is 11.5 Å². The highest BCUT2D eigenvalue weighted by atomic mass is 32.2. The first kappa shape index (κ1) is 19.3. The third-order valence-electron chi connectivity index (χ3n) is 5.20. The second kappa shape index (κ2) is 7.75. The van der Waals surface area contributed by atoms with Crippen LogP contribution < -0.4 is 10.9 Å². The Morgan fingerprint density at radius 3 is 2.59 bits per heavy atom. The molecule has 2 aromatic carbocycles. The van der Waals surface area contributed by atoms with Gasteiger partial charge in [0.25, 0.3) is 5.56 Å². The van der Waals surface area contributed by atoms with E-state index in [1.165, 1.54) is 9.58 Å². The lowest BCUT2D eigenvalue weighted by Crippen LogP contribution is -2.32. The van der Waals surface area contributed by atoms with Gasteiger partial charge in [0.2, 0.25) is 5.91 Å². The van der Waals surface area contributed by atoms with E-state index >= 15 is 0 Å². The quantitative estimate of drug-likeness (QED) is 0.515. The minimum atomic E-state index is -0.544. The number of thioether (sulfide) groups is 1. The molecule has 2 aromatic heterocycles. The molecule has 148 valence electrons. The van der Waals surface area contributed by atoms with E-state index < -0.39 is 6.04 Å². The first-order valence-electron chi connectivity index (χ1n) is 9.37. The summed E-state index contributed by atoms with van der Waals surface area (Å²) < 4.78 is 3.12. The smallest absolute Gasteiger partial charge is 0.291 e. The fourth-order valence-corrected chi connectivity index (χ4v) is 4.00. The summed E-state index contributed by atoms with van der Waals surface area (Å²) in [6.45, 7) is 2.26. The van der Waals surface area contributed by atoms with E-state index in [0.29, 0.717) is 12.1 Å². The van der Waals surface area contributed by atoms with E-state index in [9.17, 15) is 9.59 Å². The van der Waals surface area contributed by atoms with Gasteiger partial charge in [-0.2, -0.15) is 5.10 Å². The van der Waals surface area contributed by atoms with Gasteiger partial charge in [-0.25, -0.2) is 4.68 Å². The zero-order chi connectivity index (χ0) is 20.5. The van der Waals surface area contributed by atoms with Crippen LogP contribution in [0.5, 0.6) is 0 Å². The molecule has 0 aliphatic heterocycles. The molecule has 0 aliphatic rings. The summed E-state index contributed by atoms with van der Waals surface area (Å²) in [6.07, 6.45) is 3.72. The number of amides is 1. The third kappa shape index (κ3) is 3.42. The fraction of sp³-hybridized carbons (Fsp3) is 0.227. The zero-order valence-electron chi connectivity index (χ0n) is 16.5. The number of carbonyl (C=O) groups is 1. The topological polar surface area (TPSA) is 68.9 Å². The Morgan fingerprint density at radius 2 is 1.86 bits per heavy atom. The predicted molar refractivity (Wildman–Crippen MR) is 117 cm³/mol. The maximum absolute atomic E-state index is 13.0. The summed E-state index contributed by atoms with van der Waals surface area (Å²) in [5.41, 5.74) is 2.16. The lowest BCUT2D eigenvalue weighted by molar-refractivity contribution is -0.123. The van der Waals surface area contributed by atoms with Crippen LogP contribution in [0.1, 0.15) is 18.5 Å². The van der Waals surface area contributed by atoms with Gasteiger partial charge in [-0.1, -0.05) is 30.3 Å². The van der Waals surface area contributed by atoms with Crippen molar-refractivity contribution >= 4 is 39.5 Å². The second-order valence-electron chi connectivity index (χ2n) is 6.96. The van der Waals surface area contributed by atoms with Crippen LogP contribution in [0, 0.1) is 0 Å². The van der Waals surface area contributed by atoms with Gasteiger partial charge >= 0.3 is 0 Å². The van der Waals surface area contributed by atoms with E-state index in [4.69, 9.17) is 0 Å². The predicted octanol–water partition coefficient (Wildman–Crippen LogP) is 3.49.